The average molecular weight is 329 g/mol. The Hall–Kier alpha value is -1.76. The third-order valence-electron chi connectivity index (χ3n) is 4.57. The summed E-state index contributed by atoms with van der Waals surface area (Å²) in [6.07, 6.45) is 3.78. The molecule has 2 aromatic rings. The van der Waals surface area contributed by atoms with E-state index < -0.39 is 0 Å². The van der Waals surface area contributed by atoms with Gasteiger partial charge in [0, 0.05) is 38.6 Å². The number of likely N-dealkylation sites (tertiary alicyclic amines) is 1. The number of carbonyl (C=O) groups is 1. The lowest BCUT2D eigenvalue weighted by Crippen LogP contribution is -2.50. The van der Waals surface area contributed by atoms with Gasteiger partial charge in [-0.1, -0.05) is 6.07 Å². The van der Waals surface area contributed by atoms with Gasteiger partial charge in [0.1, 0.15) is 0 Å². The first-order valence-corrected chi connectivity index (χ1v) is 8.76. The normalized spacial score (nSPS) is 24.6. The van der Waals surface area contributed by atoms with Gasteiger partial charge in [-0.15, -0.1) is 11.3 Å². The molecule has 1 amide bonds. The van der Waals surface area contributed by atoms with Gasteiger partial charge in [0.25, 0.3) is 5.91 Å². The largest absolute Gasteiger partial charge is 0.373 e. The summed E-state index contributed by atoms with van der Waals surface area (Å²) in [4.78, 5) is 21.8. The molecule has 0 saturated carbocycles. The lowest BCUT2D eigenvalue weighted by molar-refractivity contribution is -0.0503. The van der Waals surface area contributed by atoms with Crippen LogP contribution in [0.4, 0.5) is 0 Å². The maximum Gasteiger partial charge on any atom is 0.264 e. The van der Waals surface area contributed by atoms with Crippen LogP contribution in [0.5, 0.6) is 0 Å². The summed E-state index contributed by atoms with van der Waals surface area (Å²) >= 11 is 1.50. The summed E-state index contributed by atoms with van der Waals surface area (Å²) in [7, 11) is 0. The molecule has 0 aliphatic carbocycles. The molecule has 2 aromatic heterocycles. The van der Waals surface area contributed by atoms with Gasteiger partial charge in [0.2, 0.25) is 0 Å². The van der Waals surface area contributed by atoms with Crippen molar-refractivity contribution in [2.24, 2.45) is 0 Å². The van der Waals surface area contributed by atoms with Crippen LogP contribution in [-0.2, 0) is 11.3 Å². The van der Waals surface area contributed by atoms with E-state index in [0.717, 1.165) is 31.1 Å². The highest BCUT2D eigenvalue weighted by Gasteiger charge is 2.41. The first kappa shape index (κ1) is 14.8. The minimum absolute atomic E-state index is 0.120. The summed E-state index contributed by atoms with van der Waals surface area (Å²) in [6.45, 7) is 3.95. The van der Waals surface area contributed by atoms with Crippen molar-refractivity contribution in [1.29, 1.82) is 0 Å². The van der Waals surface area contributed by atoms with E-state index in [1.54, 1.807) is 0 Å². The van der Waals surface area contributed by atoms with Gasteiger partial charge >= 0.3 is 0 Å². The first-order chi connectivity index (χ1) is 11.3. The first-order valence-electron chi connectivity index (χ1n) is 7.88. The molecule has 2 fully saturated rings. The maximum atomic E-state index is 12.6. The van der Waals surface area contributed by atoms with Crippen LogP contribution in [0.3, 0.4) is 0 Å². The van der Waals surface area contributed by atoms with Crippen molar-refractivity contribution < 1.29 is 9.53 Å². The molecule has 0 aromatic carbocycles. The minimum Gasteiger partial charge on any atom is -0.373 e. The van der Waals surface area contributed by atoms with Crippen LogP contribution in [0, 0.1) is 0 Å². The third-order valence-corrected chi connectivity index (χ3v) is 5.43. The molecular formula is C17H19N3O2S. The Bertz CT molecular complexity index is 662. The van der Waals surface area contributed by atoms with Crippen molar-refractivity contribution in [3.8, 4) is 0 Å². The Balaban J connectivity index is 1.47. The molecule has 0 N–H and O–H groups in total. The summed E-state index contributed by atoms with van der Waals surface area (Å²) in [6, 6.07) is 8.20. The third kappa shape index (κ3) is 3.02. The molecule has 23 heavy (non-hydrogen) atoms. The SMILES string of the molecule is O=C(c1cccs1)N1C[C@H]2OCCN(Cc3ccncc3)[C@H]2C1. The molecule has 0 radical (unpaired) electrons. The molecular weight excluding hydrogens is 310 g/mol. The molecule has 2 saturated heterocycles. The molecule has 4 heterocycles. The Morgan fingerprint density at radius 3 is 2.96 bits per heavy atom. The van der Waals surface area contributed by atoms with E-state index >= 15 is 0 Å². The number of rotatable bonds is 3. The number of carbonyl (C=O) groups excluding carboxylic acids is 1. The zero-order valence-electron chi connectivity index (χ0n) is 12.8. The van der Waals surface area contributed by atoms with Crippen molar-refractivity contribution in [3.63, 3.8) is 0 Å². The van der Waals surface area contributed by atoms with Crippen LogP contribution in [0.1, 0.15) is 15.2 Å². The Morgan fingerprint density at radius 1 is 1.30 bits per heavy atom. The van der Waals surface area contributed by atoms with E-state index in [1.165, 1.54) is 16.9 Å². The molecule has 120 valence electrons. The molecule has 2 atom stereocenters. The highest BCUT2D eigenvalue weighted by atomic mass is 32.1. The van der Waals surface area contributed by atoms with Crippen LogP contribution < -0.4 is 0 Å². The fraction of sp³-hybridized carbons (Fsp3) is 0.412. The zero-order chi connectivity index (χ0) is 15.6. The zero-order valence-corrected chi connectivity index (χ0v) is 13.6. The molecule has 2 aliphatic rings. The number of hydrogen-bond donors (Lipinski definition) is 0. The van der Waals surface area contributed by atoms with E-state index in [9.17, 15) is 4.79 Å². The summed E-state index contributed by atoms with van der Waals surface area (Å²) in [5, 5.41) is 1.95. The Kier molecular flexibility index (Phi) is 4.11. The number of amides is 1. The summed E-state index contributed by atoms with van der Waals surface area (Å²) in [5.41, 5.74) is 1.25. The van der Waals surface area contributed by atoms with E-state index in [0.29, 0.717) is 6.54 Å². The molecule has 0 bridgehead atoms. The number of thiophene rings is 1. The number of pyridine rings is 1. The Morgan fingerprint density at radius 2 is 2.17 bits per heavy atom. The summed E-state index contributed by atoms with van der Waals surface area (Å²) < 4.78 is 5.92. The Labute approximate surface area is 139 Å². The lowest BCUT2D eigenvalue weighted by atomic mass is 10.1. The van der Waals surface area contributed by atoms with Crippen molar-refractivity contribution in [3.05, 3.63) is 52.5 Å². The minimum atomic E-state index is 0.120. The van der Waals surface area contributed by atoms with Crippen LogP contribution >= 0.6 is 11.3 Å². The molecule has 6 heteroatoms. The standard InChI is InChI=1S/C17H19N3O2S/c21-17(16-2-1-9-23-16)20-11-14-15(12-20)22-8-7-19(14)10-13-3-5-18-6-4-13/h1-6,9,14-15H,7-8,10-12H2/t14-,15+/m0/s1. The van der Waals surface area contributed by atoms with Gasteiger partial charge in [-0.05, 0) is 29.1 Å². The van der Waals surface area contributed by atoms with Crippen LogP contribution in [-0.4, -0.2) is 59.1 Å². The van der Waals surface area contributed by atoms with Crippen molar-refractivity contribution in [2.45, 2.75) is 18.7 Å². The second-order valence-corrected chi connectivity index (χ2v) is 6.94. The van der Waals surface area contributed by atoms with Crippen LogP contribution in [0.25, 0.3) is 0 Å². The van der Waals surface area contributed by atoms with Gasteiger partial charge in [-0.2, -0.15) is 0 Å². The molecule has 0 spiro atoms. The number of hydrogen-bond acceptors (Lipinski definition) is 5. The average Bonchev–Trinajstić information content (AvgIpc) is 3.25. The van der Waals surface area contributed by atoms with Gasteiger partial charge in [0.05, 0.1) is 23.6 Å². The molecule has 5 nitrogen and oxygen atoms in total. The lowest BCUT2D eigenvalue weighted by Gasteiger charge is -2.36. The quantitative estimate of drug-likeness (QED) is 0.862. The van der Waals surface area contributed by atoms with E-state index in [1.807, 2.05) is 46.9 Å². The van der Waals surface area contributed by atoms with Crippen LogP contribution in [0.15, 0.2) is 42.0 Å². The molecule has 0 unspecified atom stereocenters. The number of morpholine rings is 1. The van der Waals surface area contributed by atoms with E-state index in [-0.39, 0.29) is 18.1 Å². The van der Waals surface area contributed by atoms with Crippen molar-refractivity contribution >= 4 is 17.2 Å². The number of nitrogens with zero attached hydrogens (tertiary/aromatic N) is 3. The van der Waals surface area contributed by atoms with Crippen LogP contribution in [0.2, 0.25) is 0 Å². The van der Waals surface area contributed by atoms with E-state index in [4.69, 9.17) is 4.74 Å². The fourth-order valence-electron chi connectivity index (χ4n) is 3.40. The topological polar surface area (TPSA) is 45.7 Å². The van der Waals surface area contributed by atoms with Crippen molar-refractivity contribution in [1.82, 2.24) is 14.8 Å². The highest BCUT2D eigenvalue weighted by molar-refractivity contribution is 7.12. The predicted molar refractivity (Wildman–Crippen MR) is 88.4 cm³/mol. The van der Waals surface area contributed by atoms with Gasteiger partial charge < -0.3 is 9.64 Å². The van der Waals surface area contributed by atoms with Gasteiger partial charge in [-0.25, -0.2) is 0 Å². The van der Waals surface area contributed by atoms with Gasteiger partial charge in [0.15, 0.2) is 0 Å². The van der Waals surface area contributed by atoms with E-state index in [2.05, 4.69) is 9.88 Å². The highest BCUT2D eigenvalue weighted by Crippen LogP contribution is 2.26. The maximum absolute atomic E-state index is 12.6. The second-order valence-electron chi connectivity index (χ2n) is 5.99. The fourth-order valence-corrected chi connectivity index (χ4v) is 4.09. The monoisotopic (exact) mass is 329 g/mol. The molecule has 4 rings (SSSR count). The second kappa shape index (κ2) is 6.39. The van der Waals surface area contributed by atoms with Crippen molar-refractivity contribution in [2.75, 3.05) is 26.2 Å². The molecule has 2 aliphatic heterocycles. The number of ether oxygens (including phenoxy) is 1. The predicted octanol–water partition coefficient (Wildman–Crippen LogP) is 1.87. The smallest absolute Gasteiger partial charge is 0.264 e. The van der Waals surface area contributed by atoms with Gasteiger partial charge in [-0.3, -0.25) is 14.7 Å². The summed E-state index contributed by atoms with van der Waals surface area (Å²) in [5.74, 6) is 0.127. The number of fused-ring (bicyclic) bond motifs is 1. The number of aromatic nitrogens is 1.